The molecule has 5 nitrogen and oxygen atoms in total. The second kappa shape index (κ2) is 6.33. The normalized spacial score (nSPS) is 11.3. The van der Waals surface area contributed by atoms with Gasteiger partial charge in [0.25, 0.3) is 0 Å². The molecule has 0 amide bonds. The van der Waals surface area contributed by atoms with E-state index in [0.717, 1.165) is 36.4 Å². The van der Waals surface area contributed by atoms with Crippen molar-refractivity contribution in [2.24, 2.45) is 0 Å². The van der Waals surface area contributed by atoms with Crippen LogP contribution in [0.15, 0.2) is 45.6 Å². The number of carbonyl (C=O) groups is 1. The van der Waals surface area contributed by atoms with Crippen molar-refractivity contribution in [3.8, 4) is 28.2 Å². The van der Waals surface area contributed by atoms with Crippen molar-refractivity contribution in [3.63, 3.8) is 0 Å². The molecule has 1 heterocycles. The fourth-order valence-electron chi connectivity index (χ4n) is 3.19. The Labute approximate surface area is 158 Å². The van der Waals surface area contributed by atoms with Crippen LogP contribution in [0, 0.1) is 23.3 Å². The molecule has 29 heavy (non-hydrogen) atoms. The molecule has 0 unspecified atom stereocenters. The monoisotopic (exact) mass is 403 g/mol. The Morgan fingerprint density at radius 2 is 1.59 bits per heavy atom. The van der Waals surface area contributed by atoms with E-state index in [2.05, 4.69) is 0 Å². The lowest BCUT2D eigenvalue weighted by atomic mass is 9.89. The number of halogens is 4. The molecule has 0 spiro atoms. The lowest BCUT2D eigenvalue weighted by Crippen LogP contribution is -2.12. The fourth-order valence-corrected chi connectivity index (χ4v) is 3.19. The summed E-state index contributed by atoms with van der Waals surface area (Å²) < 4.78 is 62.2. The molecule has 0 fully saturated rings. The third-order valence-electron chi connectivity index (χ3n) is 4.40. The zero-order valence-electron chi connectivity index (χ0n) is 14.1. The van der Waals surface area contributed by atoms with Gasteiger partial charge in [0.1, 0.15) is 16.9 Å². The highest BCUT2D eigenvalue weighted by Gasteiger charge is 2.32. The first-order valence-electron chi connectivity index (χ1n) is 7.98. The summed E-state index contributed by atoms with van der Waals surface area (Å²) in [5.74, 6) is -11.3. The maximum atomic E-state index is 14.8. The molecule has 2 aromatic carbocycles. The molecule has 146 valence electrons. The van der Waals surface area contributed by atoms with Crippen LogP contribution >= 0.6 is 0 Å². The molecule has 1 aliphatic carbocycles. The fraction of sp³-hybridized carbons (Fsp3) is 0. The van der Waals surface area contributed by atoms with Gasteiger partial charge in [-0.3, -0.25) is 4.79 Å². The van der Waals surface area contributed by atoms with E-state index in [0.29, 0.717) is 0 Å². The Hall–Kier alpha value is -3.88. The van der Waals surface area contributed by atoms with Crippen LogP contribution in [0.1, 0.15) is 10.4 Å². The van der Waals surface area contributed by atoms with Crippen molar-refractivity contribution in [1.29, 1.82) is 0 Å². The Morgan fingerprint density at radius 3 is 2.28 bits per heavy atom. The standard InChI is InChI=1S/C20H8F4O5/c21-16-14(15(20(27)28)17(22)19(24)18(16)23)13-9-3-1-7(25)5-11(9)29-12-6-8(26)2-4-10(12)13/h1-6,25H,(H,27,28)/p-1. The van der Waals surface area contributed by atoms with E-state index in [9.17, 15) is 37.4 Å². The van der Waals surface area contributed by atoms with Gasteiger partial charge in [0, 0.05) is 28.1 Å². The van der Waals surface area contributed by atoms with Gasteiger partial charge >= 0.3 is 5.97 Å². The second-order valence-corrected chi connectivity index (χ2v) is 6.10. The van der Waals surface area contributed by atoms with E-state index in [1.54, 1.807) is 0 Å². The number of aromatic carboxylic acids is 1. The highest BCUT2D eigenvalue weighted by Crippen LogP contribution is 2.44. The summed E-state index contributed by atoms with van der Waals surface area (Å²) in [5.41, 5.74) is -3.66. The number of benzene rings is 3. The van der Waals surface area contributed by atoms with Gasteiger partial charge in [-0.15, -0.1) is 5.75 Å². The van der Waals surface area contributed by atoms with Crippen LogP contribution in [-0.2, 0) is 0 Å². The van der Waals surface area contributed by atoms with Crippen LogP contribution in [0.5, 0.6) is 5.75 Å². The zero-order chi connectivity index (χ0) is 21.0. The molecule has 9 heteroatoms. The molecule has 0 bridgehead atoms. The largest absolute Gasteiger partial charge is 0.872 e. The van der Waals surface area contributed by atoms with Gasteiger partial charge < -0.3 is 14.6 Å². The van der Waals surface area contributed by atoms with Crippen molar-refractivity contribution in [1.82, 2.24) is 0 Å². The lowest BCUT2D eigenvalue weighted by molar-refractivity contribution is -0.268. The average Bonchev–Trinajstić information content (AvgIpc) is 2.66. The Morgan fingerprint density at radius 1 is 0.897 bits per heavy atom. The van der Waals surface area contributed by atoms with Crippen LogP contribution in [0.2, 0.25) is 0 Å². The molecule has 2 aliphatic rings. The van der Waals surface area contributed by atoms with E-state index in [-0.39, 0.29) is 27.9 Å². The van der Waals surface area contributed by atoms with Crippen LogP contribution in [0.25, 0.3) is 33.4 Å². The number of carboxylic acids is 1. The van der Waals surface area contributed by atoms with Gasteiger partial charge in [0.05, 0.1) is 0 Å². The minimum Gasteiger partial charge on any atom is -0.872 e. The van der Waals surface area contributed by atoms with Crippen LogP contribution < -0.4 is 10.5 Å². The van der Waals surface area contributed by atoms with E-state index in [4.69, 9.17) is 4.42 Å². The Balaban J connectivity index is 2.31. The summed E-state index contributed by atoms with van der Waals surface area (Å²) in [6, 6.07) is 6.33. The topological polar surface area (TPSA) is 90.6 Å². The van der Waals surface area contributed by atoms with Crippen molar-refractivity contribution in [2.75, 3.05) is 0 Å². The first kappa shape index (κ1) is 18.5. The molecule has 1 aliphatic heterocycles. The lowest BCUT2D eigenvalue weighted by Gasteiger charge is -2.19. The predicted molar refractivity (Wildman–Crippen MR) is 90.8 cm³/mol. The van der Waals surface area contributed by atoms with Gasteiger partial charge in [-0.1, -0.05) is 12.1 Å². The quantitative estimate of drug-likeness (QED) is 0.237. The van der Waals surface area contributed by atoms with Crippen molar-refractivity contribution in [3.05, 3.63) is 75.5 Å². The van der Waals surface area contributed by atoms with Gasteiger partial charge in [-0.2, -0.15) is 0 Å². The number of carboxylic acid groups (broad SMARTS) is 1. The maximum absolute atomic E-state index is 14.8. The van der Waals surface area contributed by atoms with Gasteiger partial charge in [-0.25, -0.2) is 22.4 Å². The number of hydrogen-bond donors (Lipinski definition) is 1. The molecule has 2 aromatic rings. The maximum Gasteiger partial charge on any atom is 0.339 e. The molecule has 0 radical (unpaired) electrons. The second-order valence-electron chi connectivity index (χ2n) is 6.10. The third kappa shape index (κ3) is 2.70. The van der Waals surface area contributed by atoms with Crippen molar-refractivity contribution in [2.45, 2.75) is 0 Å². The molecule has 0 saturated heterocycles. The Kier molecular flexibility index (Phi) is 4.04. The smallest absolute Gasteiger partial charge is 0.339 e. The minimum absolute atomic E-state index is 0.0671. The van der Waals surface area contributed by atoms with E-state index >= 15 is 0 Å². The molecule has 4 rings (SSSR count). The predicted octanol–water partition coefficient (Wildman–Crippen LogP) is 3.89. The SMILES string of the molecule is O=C(O)c1c(F)c(F)c(F)c(F)c1-c1c2ccc(=O)cc-2oc2cc([O-])ccc12. The van der Waals surface area contributed by atoms with Crippen molar-refractivity contribution < 1.29 is 37.0 Å². The van der Waals surface area contributed by atoms with Crippen molar-refractivity contribution >= 4 is 16.9 Å². The molecule has 1 N–H and O–H groups in total. The van der Waals surface area contributed by atoms with Gasteiger partial charge in [0.2, 0.25) is 0 Å². The summed E-state index contributed by atoms with van der Waals surface area (Å²) in [7, 11) is 0. The number of rotatable bonds is 2. The Bertz CT molecular complexity index is 1360. The summed E-state index contributed by atoms with van der Waals surface area (Å²) in [4.78, 5) is 23.3. The van der Waals surface area contributed by atoms with Crippen LogP contribution in [-0.4, -0.2) is 11.1 Å². The first-order chi connectivity index (χ1) is 13.7. The molecule has 0 aromatic heterocycles. The third-order valence-corrected chi connectivity index (χ3v) is 4.40. The molecule has 0 atom stereocenters. The average molecular weight is 403 g/mol. The minimum atomic E-state index is -2.28. The number of hydrogen-bond acceptors (Lipinski definition) is 4. The first-order valence-corrected chi connectivity index (χ1v) is 7.98. The highest BCUT2D eigenvalue weighted by atomic mass is 19.2. The van der Waals surface area contributed by atoms with Gasteiger partial charge in [0.15, 0.2) is 28.7 Å². The summed E-state index contributed by atoms with van der Waals surface area (Å²) in [6.07, 6.45) is 0. The van der Waals surface area contributed by atoms with E-state index < -0.39 is 51.5 Å². The summed E-state index contributed by atoms with van der Waals surface area (Å²) in [5, 5.41) is 21.0. The zero-order valence-corrected chi connectivity index (χ0v) is 14.1. The van der Waals surface area contributed by atoms with Crippen LogP contribution in [0.4, 0.5) is 17.6 Å². The van der Waals surface area contributed by atoms with Gasteiger partial charge in [-0.05, 0) is 18.2 Å². The molecular weight excluding hydrogens is 396 g/mol. The van der Waals surface area contributed by atoms with E-state index in [1.165, 1.54) is 0 Å². The van der Waals surface area contributed by atoms with Crippen LogP contribution in [0.3, 0.4) is 0 Å². The highest BCUT2D eigenvalue weighted by molar-refractivity contribution is 6.07. The summed E-state index contributed by atoms with van der Waals surface area (Å²) >= 11 is 0. The molecule has 0 saturated carbocycles. The van der Waals surface area contributed by atoms with E-state index in [1.807, 2.05) is 0 Å². The molecular formula is C20H7F4O5-. The summed E-state index contributed by atoms with van der Waals surface area (Å²) in [6.45, 7) is 0. The number of fused-ring (bicyclic) bond motifs is 2.